The van der Waals surface area contributed by atoms with Crippen molar-refractivity contribution in [3.8, 4) is 0 Å². The predicted octanol–water partition coefficient (Wildman–Crippen LogP) is 0.646. The van der Waals surface area contributed by atoms with Gasteiger partial charge in [-0.1, -0.05) is 12.8 Å². The fourth-order valence-electron chi connectivity index (χ4n) is 1.49. The van der Waals surface area contributed by atoms with Crippen molar-refractivity contribution in [1.82, 2.24) is 5.32 Å². The Morgan fingerprint density at radius 3 is 2.75 bits per heavy atom. The fraction of sp³-hybridized carbons (Fsp3) is 0.875. The summed E-state index contributed by atoms with van der Waals surface area (Å²) in [5, 5.41) is 12.1. The number of amides is 1. The number of aliphatic hydroxyl groups excluding tert-OH is 1. The molecule has 1 fully saturated rings. The van der Waals surface area contributed by atoms with E-state index in [1.807, 2.05) is 0 Å². The van der Waals surface area contributed by atoms with Crippen molar-refractivity contribution in [3.05, 3.63) is 0 Å². The quantitative estimate of drug-likeness (QED) is 0.612. The SMILES string of the molecule is COC(=O)NC1CCCCC1O. The maximum atomic E-state index is 10.8. The van der Waals surface area contributed by atoms with Gasteiger partial charge in [-0.15, -0.1) is 0 Å². The van der Waals surface area contributed by atoms with Crippen molar-refractivity contribution in [2.75, 3.05) is 7.11 Å². The summed E-state index contributed by atoms with van der Waals surface area (Å²) in [6, 6.07) is -0.119. The van der Waals surface area contributed by atoms with Gasteiger partial charge in [0.25, 0.3) is 0 Å². The van der Waals surface area contributed by atoms with Crippen molar-refractivity contribution in [3.63, 3.8) is 0 Å². The molecule has 0 radical (unpaired) electrons. The van der Waals surface area contributed by atoms with Crippen LogP contribution in [0.4, 0.5) is 4.79 Å². The molecule has 0 aromatic carbocycles. The van der Waals surface area contributed by atoms with E-state index in [9.17, 15) is 9.90 Å². The van der Waals surface area contributed by atoms with Gasteiger partial charge in [-0.2, -0.15) is 0 Å². The van der Waals surface area contributed by atoms with Crippen LogP contribution in [-0.4, -0.2) is 30.5 Å². The summed E-state index contributed by atoms with van der Waals surface area (Å²) in [5.74, 6) is 0. The molecule has 12 heavy (non-hydrogen) atoms. The number of carbonyl (C=O) groups excluding carboxylic acids is 1. The Balaban J connectivity index is 2.33. The van der Waals surface area contributed by atoms with Gasteiger partial charge in [0, 0.05) is 0 Å². The van der Waals surface area contributed by atoms with Crippen LogP contribution in [0.2, 0.25) is 0 Å². The van der Waals surface area contributed by atoms with Crippen molar-refractivity contribution in [1.29, 1.82) is 0 Å². The fourth-order valence-corrected chi connectivity index (χ4v) is 1.49. The van der Waals surface area contributed by atoms with Crippen LogP contribution < -0.4 is 5.32 Å². The number of ether oxygens (including phenoxy) is 1. The molecular formula is C8H15NO3. The molecule has 2 N–H and O–H groups in total. The maximum absolute atomic E-state index is 10.8. The third-order valence-corrected chi connectivity index (χ3v) is 2.22. The Bertz CT molecular complexity index is 160. The number of rotatable bonds is 1. The van der Waals surface area contributed by atoms with Crippen LogP contribution in [0.1, 0.15) is 25.7 Å². The van der Waals surface area contributed by atoms with E-state index < -0.39 is 12.2 Å². The Morgan fingerprint density at radius 2 is 2.17 bits per heavy atom. The Labute approximate surface area is 71.9 Å². The average Bonchev–Trinajstić information content (AvgIpc) is 2.09. The highest BCUT2D eigenvalue weighted by molar-refractivity contribution is 5.67. The van der Waals surface area contributed by atoms with Gasteiger partial charge in [0.05, 0.1) is 19.3 Å². The molecule has 1 aliphatic rings. The smallest absolute Gasteiger partial charge is 0.407 e. The van der Waals surface area contributed by atoms with Gasteiger partial charge < -0.3 is 15.2 Å². The van der Waals surface area contributed by atoms with Gasteiger partial charge in [-0.3, -0.25) is 0 Å². The summed E-state index contributed by atoms with van der Waals surface area (Å²) < 4.78 is 4.44. The highest BCUT2D eigenvalue weighted by Crippen LogP contribution is 2.18. The van der Waals surface area contributed by atoms with Crippen LogP contribution in [-0.2, 0) is 4.74 Å². The highest BCUT2D eigenvalue weighted by atomic mass is 16.5. The number of methoxy groups -OCH3 is 1. The van der Waals surface area contributed by atoms with E-state index in [2.05, 4.69) is 10.1 Å². The van der Waals surface area contributed by atoms with Crippen LogP contribution >= 0.6 is 0 Å². The first-order valence-electron chi connectivity index (χ1n) is 4.26. The zero-order valence-electron chi connectivity index (χ0n) is 7.25. The normalized spacial score (nSPS) is 29.5. The zero-order valence-corrected chi connectivity index (χ0v) is 7.25. The Hall–Kier alpha value is -0.770. The van der Waals surface area contributed by atoms with Gasteiger partial charge in [-0.25, -0.2) is 4.79 Å². The lowest BCUT2D eigenvalue weighted by molar-refractivity contribution is 0.0846. The first-order valence-corrected chi connectivity index (χ1v) is 4.26. The summed E-state index contributed by atoms with van der Waals surface area (Å²) in [4.78, 5) is 10.8. The molecule has 0 aromatic rings. The van der Waals surface area contributed by atoms with Gasteiger partial charge in [0.15, 0.2) is 0 Å². The third kappa shape index (κ3) is 2.37. The van der Waals surface area contributed by atoms with Crippen LogP contribution in [0.15, 0.2) is 0 Å². The summed E-state index contributed by atoms with van der Waals surface area (Å²) >= 11 is 0. The number of hydrogen-bond acceptors (Lipinski definition) is 3. The second-order valence-corrected chi connectivity index (χ2v) is 3.09. The van der Waals surface area contributed by atoms with Crippen LogP contribution in [0.25, 0.3) is 0 Å². The Morgan fingerprint density at radius 1 is 1.50 bits per heavy atom. The van der Waals surface area contributed by atoms with Gasteiger partial charge >= 0.3 is 6.09 Å². The minimum atomic E-state index is -0.457. The van der Waals surface area contributed by atoms with Gasteiger partial charge in [-0.05, 0) is 12.8 Å². The molecule has 0 aliphatic heterocycles. The topological polar surface area (TPSA) is 58.6 Å². The first-order chi connectivity index (χ1) is 5.74. The minimum absolute atomic E-state index is 0.119. The molecule has 4 nitrogen and oxygen atoms in total. The molecule has 2 atom stereocenters. The summed E-state index contributed by atoms with van der Waals surface area (Å²) in [6.07, 6.45) is 2.86. The van der Waals surface area contributed by atoms with E-state index >= 15 is 0 Å². The van der Waals surface area contributed by atoms with E-state index in [-0.39, 0.29) is 6.04 Å². The van der Waals surface area contributed by atoms with Gasteiger partial charge in [0.2, 0.25) is 0 Å². The van der Waals surface area contributed by atoms with E-state index in [0.717, 1.165) is 25.7 Å². The first kappa shape index (κ1) is 9.32. The van der Waals surface area contributed by atoms with Crippen molar-refractivity contribution < 1.29 is 14.6 Å². The predicted molar refractivity (Wildman–Crippen MR) is 43.8 cm³/mol. The van der Waals surface area contributed by atoms with Crippen LogP contribution in [0, 0.1) is 0 Å². The van der Waals surface area contributed by atoms with E-state index in [1.54, 1.807) is 0 Å². The second-order valence-electron chi connectivity index (χ2n) is 3.09. The summed E-state index contributed by atoms with van der Waals surface area (Å²) in [7, 11) is 1.32. The standard InChI is InChI=1S/C8H15NO3/c1-12-8(11)9-6-4-2-3-5-7(6)10/h6-7,10H,2-5H2,1H3,(H,9,11). The number of carbonyl (C=O) groups is 1. The van der Waals surface area contributed by atoms with E-state index in [1.165, 1.54) is 7.11 Å². The molecule has 1 aliphatic carbocycles. The monoisotopic (exact) mass is 173 g/mol. The minimum Gasteiger partial charge on any atom is -0.453 e. The highest BCUT2D eigenvalue weighted by Gasteiger charge is 2.24. The maximum Gasteiger partial charge on any atom is 0.407 e. The van der Waals surface area contributed by atoms with Crippen LogP contribution in [0.5, 0.6) is 0 Å². The van der Waals surface area contributed by atoms with Crippen molar-refractivity contribution in [2.24, 2.45) is 0 Å². The molecule has 1 saturated carbocycles. The Kier molecular flexibility index (Phi) is 3.34. The molecule has 0 aromatic heterocycles. The molecule has 0 spiro atoms. The number of nitrogens with one attached hydrogen (secondary N) is 1. The number of alkyl carbamates (subject to hydrolysis) is 1. The number of aliphatic hydroxyl groups is 1. The lowest BCUT2D eigenvalue weighted by Gasteiger charge is -2.27. The molecule has 2 unspecified atom stereocenters. The lowest BCUT2D eigenvalue weighted by Crippen LogP contribution is -2.44. The molecule has 1 amide bonds. The molecule has 4 heteroatoms. The van der Waals surface area contributed by atoms with E-state index in [0.29, 0.717) is 0 Å². The van der Waals surface area contributed by atoms with Crippen LogP contribution in [0.3, 0.4) is 0 Å². The van der Waals surface area contributed by atoms with Crippen molar-refractivity contribution in [2.45, 2.75) is 37.8 Å². The van der Waals surface area contributed by atoms with E-state index in [4.69, 9.17) is 0 Å². The second kappa shape index (κ2) is 4.30. The largest absolute Gasteiger partial charge is 0.453 e. The zero-order chi connectivity index (χ0) is 8.97. The number of hydrogen-bond donors (Lipinski definition) is 2. The average molecular weight is 173 g/mol. The lowest BCUT2D eigenvalue weighted by atomic mass is 9.93. The molecule has 1 rings (SSSR count). The summed E-state index contributed by atoms with van der Waals surface area (Å²) in [6.45, 7) is 0. The molecule has 70 valence electrons. The summed E-state index contributed by atoms with van der Waals surface area (Å²) in [5.41, 5.74) is 0. The van der Waals surface area contributed by atoms with Gasteiger partial charge in [0.1, 0.15) is 0 Å². The third-order valence-electron chi connectivity index (χ3n) is 2.22. The molecule has 0 saturated heterocycles. The molecule has 0 heterocycles. The van der Waals surface area contributed by atoms with Crippen molar-refractivity contribution >= 4 is 6.09 Å². The molecule has 0 bridgehead atoms. The molecular weight excluding hydrogens is 158 g/mol.